The fourth-order valence-corrected chi connectivity index (χ4v) is 1.60. The van der Waals surface area contributed by atoms with E-state index in [-0.39, 0.29) is 12.5 Å². The molecule has 0 aliphatic rings. The van der Waals surface area contributed by atoms with E-state index in [1.54, 1.807) is 23.7 Å². The molecule has 0 aliphatic carbocycles. The van der Waals surface area contributed by atoms with Crippen LogP contribution in [0.3, 0.4) is 0 Å². The first kappa shape index (κ1) is 12.5. The predicted octanol–water partition coefficient (Wildman–Crippen LogP) is 0.678. The van der Waals surface area contributed by atoms with Crippen molar-refractivity contribution in [1.29, 1.82) is 0 Å². The molecule has 0 saturated heterocycles. The molecule has 90 valence electrons. The number of nitrogens with two attached hydrogens (primary N) is 1. The zero-order chi connectivity index (χ0) is 12.3. The Morgan fingerprint density at radius 3 is 2.44 bits per heavy atom. The quantitative estimate of drug-likeness (QED) is 0.818. The topological polar surface area (TPSA) is 64.2 Å². The lowest BCUT2D eigenvalue weighted by molar-refractivity contribution is -0.129. The van der Waals surface area contributed by atoms with Gasteiger partial charge in [-0.15, -0.1) is 0 Å². The fourth-order valence-electron chi connectivity index (χ4n) is 1.60. The van der Waals surface area contributed by atoms with E-state index in [0.717, 1.165) is 29.9 Å². The summed E-state index contributed by atoms with van der Waals surface area (Å²) < 4.78 is 1.72. The Hall–Kier alpha value is -1.52. The number of carbonyl (C=O) groups is 1. The van der Waals surface area contributed by atoms with Gasteiger partial charge in [0.05, 0.1) is 17.1 Å². The molecule has 0 fully saturated rings. The van der Waals surface area contributed by atoms with Gasteiger partial charge in [0.2, 0.25) is 5.91 Å². The number of aromatic nitrogens is 2. The second kappa shape index (κ2) is 5.01. The highest BCUT2D eigenvalue weighted by molar-refractivity contribution is 5.75. The van der Waals surface area contributed by atoms with Gasteiger partial charge in [-0.05, 0) is 12.8 Å². The van der Waals surface area contributed by atoms with E-state index in [4.69, 9.17) is 5.73 Å². The second-order valence-corrected chi connectivity index (χ2v) is 3.96. The first-order valence-corrected chi connectivity index (χ1v) is 5.55. The van der Waals surface area contributed by atoms with Gasteiger partial charge in [0.15, 0.2) is 0 Å². The molecule has 1 aromatic rings. The van der Waals surface area contributed by atoms with E-state index in [2.05, 4.69) is 5.10 Å². The summed E-state index contributed by atoms with van der Waals surface area (Å²) in [5.41, 5.74) is 8.53. The van der Waals surface area contributed by atoms with E-state index in [0.29, 0.717) is 0 Å². The average Bonchev–Trinajstić information content (AvgIpc) is 2.54. The Kier molecular flexibility index (Phi) is 3.93. The first-order chi connectivity index (χ1) is 7.51. The second-order valence-electron chi connectivity index (χ2n) is 3.96. The van der Waals surface area contributed by atoms with E-state index in [1.807, 2.05) is 13.8 Å². The molecule has 1 rings (SSSR count). The highest BCUT2D eigenvalue weighted by Gasteiger charge is 2.15. The van der Waals surface area contributed by atoms with Crippen molar-refractivity contribution in [2.75, 3.05) is 19.8 Å². The van der Waals surface area contributed by atoms with Crippen LogP contribution in [0.25, 0.3) is 0 Å². The summed E-state index contributed by atoms with van der Waals surface area (Å²) in [5, 5.41) is 4.37. The van der Waals surface area contributed by atoms with Crippen molar-refractivity contribution < 1.29 is 4.79 Å². The van der Waals surface area contributed by atoms with Crippen LogP contribution in [0.4, 0.5) is 5.69 Å². The van der Waals surface area contributed by atoms with E-state index < -0.39 is 0 Å². The Morgan fingerprint density at radius 1 is 1.38 bits per heavy atom. The molecule has 1 heterocycles. The molecule has 0 aliphatic heterocycles. The maximum absolute atomic E-state index is 11.6. The minimum Gasteiger partial charge on any atom is -0.396 e. The molecule has 1 aromatic heterocycles. The maximum Gasteiger partial charge on any atom is 0.243 e. The zero-order valence-electron chi connectivity index (χ0n) is 10.4. The van der Waals surface area contributed by atoms with Gasteiger partial charge < -0.3 is 10.6 Å². The molecule has 1 amide bonds. The van der Waals surface area contributed by atoms with Crippen molar-refractivity contribution >= 4 is 11.6 Å². The molecule has 0 unspecified atom stereocenters. The summed E-state index contributed by atoms with van der Waals surface area (Å²) in [7, 11) is 3.48. The smallest absolute Gasteiger partial charge is 0.243 e. The van der Waals surface area contributed by atoms with Gasteiger partial charge in [0.1, 0.15) is 6.54 Å². The lowest BCUT2D eigenvalue weighted by atomic mass is 10.2. The number of carbonyl (C=O) groups excluding carboxylic acids is 1. The number of hydrogen-bond donors (Lipinski definition) is 1. The van der Waals surface area contributed by atoms with E-state index >= 15 is 0 Å². The lowest BCUT2D eigenvalue weighted by Gasteiger charge is -2.11. The molecule has 0 radical (unpaired) electrons. The number of aryl methyl sites for hydroxylation is 1. The number of hydrogen-bond acceptors (Lipinski definition) is 3. The minimum absolute atomic E-state index is 0.0276. The van der Waals surface area contributed by atoms with Crippen molar-refractivity contribution in [2.45, 2.75) is 33.2 Å². The Bertz CT molecular complexity index is 382. The Balaban J connectivity index is 2.99. The van der Waals surface area contributed by atoms with E-state index in [1.165, 1.54) is 0 Å². The number of rotatable bonds is 4. The van der Waals surface area contributed by atoms with Crippen molar-refractivity contribution in [3.05, 3.63) is 11.4 Å². The maximum atomic E-state index is 11.6. The van der Waals surface area contributed by atoms with Gasteiger partial charge in [-0.2, -0.15) is 5.10 Å². The van der Waals surface area contributed by atoms with Crippen LogP contribution in [-0.2, 0) is 24.2 Å². The number of amides is 1. The normalized spacial score (nSPS) is 10.5. The molecule has 5 heteroatoms. The van der Waals surface area contributed by atoms with Crippen LogP contribution in [0.5, 0.6) is 0 Å². The average molecular weight is 224 g/mol. The van der Waals surface area contributed by atoms with Crippen molar-refractivity contribution in [1.82, 2.24) is 14.7 Å². The molecule has 5 nitrogen and oxygen atoms in total. The Morgan fingerprint density at radius 2 is 2.00 bits per heavy atom. The summed E-state index contributed by atoms with van der Waals surface area (Å²) in [6.45, 7) is 4.29. The minimum atomic E-state index is 0.0276. The van der Waals surface area contributed by atoms with Gasteiger partial charge in [-0.25, -0.2) is 0 Å². The summed E-state index contributed by atoms with van der Waals surface area (Å²) in [6.07, 6.45) is 1.58. The first-order valence-electron chi connectivity index (χ1n) is 5.55. The molecule has 0 atom stereocenters. The fraction of sp³-hybridized carbons (Fsp3) is 0.636. The number of nitrogens with zero attached hydrogens (tertiary/aromatic N) is 3. The van der Waals surface area contributed by atoms with Crippen LogP contribution >= 0.6 is 0 Å². The summed E-state index contributed by atoms with van der Waals surface area (Å²) in [5.74, 6) is 0.0276. The zero-order valence-corrected chi connectivity index (χ0v) is 10.4. The highest BCUT2D eigenvalue weighted by Crippen LogP contribution is 2.18. The standard InChI is InChI=1S/C11H20N4O/c1-5-8-11(12)9(6-2)15(13-8)7-10(16)14(3)4/h5-7,12H2,1-4H3. The molecule has 0 saturated carbocycles. The van der Waals surface area contributed by atoms with Gasteiger partial charge in [0.25, 0.3) is 0 Å². The third kappa shape index (κ3) is 2.35. The monoisotopic (exact) mass is 224 g/mol. The van der Waals surface area contributed by atoms with Crippen molar-refractivity contribution in [2.24, 2.45) is 0 Å². The molecule has 0 bridgehead atoms. The third-order valence-electron chi connectivity index (χ3n) is 2.63. The van der Waals surface area contributed by atoms with Gasteiger partial charge in [0, 0.05) is 14.1 Å². The molecular formula is C11H20N4O. The van der Waals surface area contributed by atoms with Crippen LogP contribution in [0, 0.1) is 0 Å². The third-order valence-corrected chi connectivity index (χ3v) is 2.63. The molecular weight excluding hydrogens is 204 g/mol. The molecule has 0 spiro atoms. The SMILES string of the molecule is CCc1nn(CC(=O)N(C)C)c(CC)c1N. The number of nitrogen functional groups attached to an aromatic ring is 1. The van der Waals surface area contributed by atoms with Crippen LogP contribution in [0.1, 0.15) is 25.2 Å². The van der Waals surface area contributed by atoms with Crippen LogP contribution in [0.15, 0.2) is 0 Å². The van der Waals surface area contributed by atoms with Gasteiger partial charge >= 0.3 is 0 Å². The van der Waals surface area contributed by atoms with Crippen molar-refractivity contribution in [3.63, 3.8) is 0 Å². The van der Waals surface area contributed by atoms with E-state index in [9.17, 15) is 4.79 Å². The van der Waals surface area contributed by atoms with Gasteiger partial charge in [-0.1, -0.05) is 13.8 Å². The molecule has 0 aromatic carbocycles. The highest BCUT2D eigenvalue weighted by atomic mass is 16.2. The largest absolute Gasteiger partial charge is 0.396 e. The molecule has 2 N–H and O–H groups in total. The van der Waals surface area contributed by atoms with Crippen LogP contribution in [0.2, 0.25) is 0 Å². The summed E-state index contributed by atoms with van der Waals surface area (Å²) >= 11 is 0. The number of anilines is 1. The lowest BCUT2D eigenvalue weighted by Crippen LogP contribution is -2.27. The van der Waals surface area contributed by atoms with Crippen molar-refractivity contribution in [3.8, 4) is 0 Å². The Labute approximate surface area is 96.2 Å². The predicted molar refractivity (Wildman–Crippen MR) is 64.1 cm³/mol. The van der Waals surface area contributed by atoms with Gasteiger partial charge in [-0.3, -0.25) is 9.48 Å². The summed E-state index contributed by atoms with van der Waals surface area (Å²) in [6, 6.07) is 0. The molecule has 16 heavy (non-hydrogen) atoms. The van der Waals surface area contributed by atoms with Crippen LogP contribution < -0.4 is 5.73 Å². The number of likely N-dealkylation sites (N-methyl/N-ethyl adjacent to an activating group) is 1. The summed E-state index contributed by atoms with van der Waals surface area (Å²) in [4.78, 5) is 13.2. The van der Waals surface area contributed by atoms with Crippen LogP contribution in [-0.4, -0.2) is 34.7 Å².